The summed E-state index contributed by atoms with van der Waals surface area (Å²) in [5.74, 6) is 0.180. The summed E-state index contributed by atoms with van der Waals surface area (Å²) < 4.78 is 43.1. The van der Waals surface area contributed by atoms with Gasteiger partial charge in [-0.2, -0.15) is 18.2 Å². The normalized spacial score (nSPS) is 11.4. The minimum absolute atomic E-state index is 0.00254. The second-order valence-corrected chi connectivity index (χ2v) is 5.58. The molecule has 0 fully saturated rings. The molecule has 1 amide bonds. The van der Waals surface area contributed by atoms with Crippen LogP contribution in [0.25, 0.3) is 11.5 Å². The first kappa shape index (κ1) is 18.5. The Bertz CT molecular complexity index is 912. The Labute approximate surface area is 151 Å². The average molecular weight is 377 g/mol. The molecule has 0 spiro atoms. The molecule has 2 aromatic heterocycles. The van der Waals surface area contributed by atoms with Crippen molar-refractivity contribution in [2.75, 3.05) is 0 Å². The largest absolute Gasteiger partial charge is 0.416 e. The molecule has 0 saturated carbocycles. The maximum Gasteiger partial charge on any atom is 0.416 e. The number of hydrogen-bond acceptors (Lipinski definition) is 6. The third-order valence-electron chi connectivity index (χ3n) is 3.57. The Kier molecular flexibility index (Phi) is 5.43. The van der Waals surface area contributed by atoms with Gasteiger partial charge in [0.05, 0.1) is 11.8 Å². The van der Waals surface area contributed by atoms with Gasteiger partial charge in [-0.25, -0.2) is 4.98 Å². The van der Waals surface area contributed by atoms with E-state index < -0.39 is 11.7 Å². The average Bonchev–Trinajstić information content (AvgIpc) is 3.14. The van der Waals surface area contributed by atoms with Gasteiger partial charge in [0.25, 0.3) is 0 Å². The summed E-state index contributed by atoms with van der Waals surface area (Å²) in [7, 11) is 0. The highest BCUT2D eigenvalue weighted by Gasteiger charge is 2.30. The smallest absolute Gasteiger partial charge is 0.352 e. The second-order valence-electron chi connectivity index (χ2n) is 5.58. The van der Waals surface area contributed by atoms with E-state index in [0.29, 0.717) is 11.3 Å². The Morgan fingerprint density at radius 2 is 2.07 bits per heavy atom. The van der Waals surface area contributed by atoms with Crippen molar-refractivity contribution < 1.29 is 22.5 Å². The number of halogens is 3. The van der Waals surface area contributed by atoms with Crippen LogP contribution in [0.5, 0.6) is 0 Å². The Balaban J connectivity index is 1.50. The van der Waals surface area contributed by atoms with E-state index in [1.54, 1.807) is 0 Å². The van der Waals surface area contributed by atoms with E-state index in [-0.39, 0.29) is 37.0 Å². The topological polar surface area (TPSA) is 93.8 Å². The lowest BCUT2D eigenvalue weighted by molar-refractivity contribution is -0.137. The van der Waals surface area contributed by atoms with Crippen LogP contribution in [-0.2, 0) is 23.9 Å². The fraction of sp³-hybridized carbons (Fsp3) is 0.235. The number of benzene rings is 1. The molecular formula is C17H14F3N5O2. The molecule has 3 rings (SSSR count). The lowest BCUT2D eigenvalue weighted by Gasteiger charge is -2.09. The highest BCUT2D eigenvalue weighted by atomic mass is 19.4. The van der Waals surface area contributed by atoms with Gasteiger partial charge in [0.2, 0.25) is 17.6 Å². The summed E-state index contributed by atoms with van der Waals surface area (Å²) in [6.07, 6.45) is 0.323. The molecule has 0 atom stereocenters. The molecule has 0 aliphatic rings. The second kappa shape index (κ2) is 7.94. The number of aryl methyl sites for hydroxylation is 1. The van der Waals surface area contributed by atoms with Gasteiger partial charge in [0, 0.05) is 31.8 Å². The zero-order valence-electron chi connectivity index (χ0n) is 13.9. The van der Waals surface area contributed by atoms with E-state index in [2.05, 4.69) is 25.4 Å². The standard InChI is InChI=1S/C17H14F3N5O2/c18-17(19,20)12-3-1-2-11(8-12)9-23-14(26)4-5-15-24-16(25-27-15)13-10-21-6-7-22-13/h1-3,6-8,10H,4-5,9H2,(H,23,26). The molecule has 0 aliphatic heterocycles. The summed E-state index contributed by atoms with van der Waals surface area (Å²) in [5.41, 5.74) is 0.0547. The van der Waals surface area contributed by atoms with Gasteiger partial charge in [-0.05, 0) is 17.7 Å². The minimum atomic E-state index is -4.42. The summed E-state index contributed by atoms with van der Waals surface area (Å²) in [4.78, 5) is 24.0. The molecule has 27 heavy (non-hydrogen) atoms. The molecule has 0 unspecified atom stereocenters. The van der Waals surface area contributed by atoms with Crippen molar-refractivity contribution >= 4 is 5.91 Å². The molecule has 2 heterocycles. The van der Waals surface area contributed by atoms with Crippen molar-refractivity contribution in [1.29, 1.82) is 0 Å². The molecule has 0 saturated heterocycles. The maximum absolute atomic E-state index is 12.7. The van der Waals surface area contributed by atoms with Crippen LogP contribution < -0.4 is 5.32 Å². The van der Waals surface area contributed by atoms with Gasteiger partial charge in [0.15, 0.2) is 0 Å². The monoisotopic (exact) mass is 377 g/mol. The van der Waals surface area contributed by atoms with Crippen molar-refractivity contribution in [3.63, 3.8) is 0 Å². The van der Waals surface area contributed by atoms with Crippen molar-refractivity contribution in [2.45, 2.75) is 25.6 Å². The minimum Gasteiger partial charge on any atom is -0.352 e. The van der Waals surface area contributed by atoms with Gasteiger partial charge in [-0.1, -0.05) is 17.3 Å². The van der Waals surface area contributed by atoms with E-state index >= 15 is 0 Å². The molecule has 3 aromatic rings. The van der Waals surface area contributed by atoms with E-state index in [9.17, 15) is 18.0 Å². The number of aromatic nitrogens is 4. The van der Waals surface area contributed by atoms with Crippen LogP contribution in [0.4, 0.5) is 13.2 Å². The third-order valence-corrected chi connectivity index (χ3v) is 3.57. The van der Waals surface area contributed by atoms with Crippen LogP contribution in [-0.4, -0.2) is 26.0 Å². The number of alkyl halides is 3. The van der Waals surface area contributed by atoms with Crippen molar-refractivity contribution in [3.05, 3.63) is 59.9 Å². The quantitative estimate of drug-likeness (QED) is 0.710. The summed E-state index contributed by atoms with van der Waals surface area (Å²) in [6.45, 7) is -0.00254. The van der Waals surface area contributed by atoms with E-state index in [1.165, 1.54) is 30.7 Å². The van der Waals surface area contributed by atoms with Crippen molar-refractivity contribution in [3.8, 4) is 11.5 Å². The van der Waals surface area contributed by atoms with Gasteiger partial charge < -0.3 is 9.84 Å². The van der Waals surface area contributed by atoms with Crippen LogP contribution in [0, 0.1) is 0 Å². The van der Waals surface area contributed by atoms with Gasteiger partial charge in [-0.3, -0.25) is 9.78 Å². The zero-order valence-corrected chi connectivity index (χ0v) is 13.9. The maximum atomic E-state index is 12.7. The first-order valence-corrected chi connectivity index (χ1v) is 7.93. The van der Waals surface area contributed by atoms with Crippen LogP contribution in [0.1, 0.15) is 23.4 Å². The molecule has 0 aliphatic carbocycles. The predicted octanol–water partition coefficient (Wildman–Crippen LogP) is 2.79. The number of hydrogen-bond donors (Lipinski definition) is 1. The number of nitrogens with one attached hydrogen (secondary N) is 1. The Morgan fingerprint density at radius 3 is 2.81 bits per heavy atom. The number of nitrogens with zero attached hydrogens (tertiary/aromatic N) is 4. The van der Waals surface area contributed by atoms with Crippen molar-refractivity contribution in [2.24, 2.45) is 0 Å². The highest BCUT2D eigenvalue weighted by Crippen LogP contribution is 2.29. The fourth-order valence-corrected chi connectivity index (χ4v) is 2.24. The molecule has 0 bridgehead atoms. The van der Waals surface area contributed by atoms with Crippen LogP contribution in [0.3, 0.4) is 0 Å². The van der Waals surface area contributed by atoms with Gasteiger partial charge >= 0.3 is 6.18 Å². The van der Waals surface area contributed by atoms with Crippen LogP contribution in [0.2, 0.25) is 0 Å². The fourth-order valence-electron chi connectivity index (χ4n) is 2.24. The number of carbonyl (C=O) groups is 1. The van der Waals surface area contributed by atoms with Crippen LogP contribution >= 0.6 is 0 Å². The molecule has 140 valence electrons. The Hall–Kier alpha value is -3.30. The third kappa shape index (κ3) is 5.09. The first-order chi connectivity index (χ1) is 12.9. The SMILES string of the molecule is O=C(CCc1nc(-c2cnccn2)no1)NCc1cccc(C(F)(F)F)c1. The first-order valence-electron chi connectivity index (χ1n) is 7.93. The van der Waals surface area contributed by atoms with E-state index in [0.717, 1.165) is 12.1 Å². The summed E-state index contributed by atoms with van der Waals surface area (Å²) in [5, 5.41) is 6.33. The number of amides is 1. The Morgan fingerprint density at radius 1 is 1.22 bits per heavy atom. The van der Waals surface area contributed by atoms with Gasteiger partial charge in [0.1, 0.15) is 5.69 Å². The lowest BCUT2D eigenvalue weighted by atomic mass is 10.1. The molecule has 1 N–H and O–H groups in total. The van der Waals surface area contributed by atoms with Gasteiger partial charge in [-0.15, -0.1) is 0 Å². The molecule has 0 radical (unpaired) electrons. The predicted molar refractivity (Wildman–Crippen MR) is 86.9 cm³/mol. The van der Waals surface area contributed by atoms with E-state index in [1.807, 2.05) is 0 Å². The number of carbonyl (C=O) groups excluding carboxylic acids is 1. The number of rotatable bonds is 6. The molecular weight excluding hydrogens is 363 g/mol. The highest BCUT2D eigenvalue weighted by molar-refractivity contribution is 5.76. The van der Waals surface area contributed by atoms with Crippen molar-refractivity contribution in [1.82, 2.24) is 25.4 Å². The molecule has 7 nitrogen and oxygen atoms in total. The summed E-state index contributed by atoms with van der Waals surface area (Å²) >= 11 is 0. The van der Waals surface area contributed by atoms with E-state index in [4.69, 9.17) is 4.52 Å². The molecule has 1 aromatic carbocycles. The molecule has 10 heteroatoms. The zero-order chi connectivity index (χ0) is 19.3. The van der Waals surface area contributed by atoms with Crippen LogP contribution in [0.15, 0.2) is 47.4 Å². The summed E-state index contributed by atoms with van der Waals surface area (Å²) in [6, 6.07) is 4.80. The lowest BCUT2D eigenvalue weighted by Crippen LogP contribution is -2.23.